The minimum absolute atomic E-state index is 0.112. The SMILES string of the molecule is N#Cc1ccc(-c2nc(CC(F)(F)F)no2)nc1. The highest BCUT2D eigenvalue weighted by Crippen LogP contribution is 2.21. The van der Waals surface area contributed by atoms with Crippen molar-refractivity contribution in [3.05, 3.63) is 29.7 Å². The van der Waals surface area contributed by atoms with E-state index in [4.69, 9.17) is 5.26 Å². The van der Waals surface area contributed by atoms with Crippen molar-refractivity contribution >= 4 is 0 Å². The zero-order chi connectivity index (χ0) is 13.2. The molecule has 0 fully saturated rings. The molecule has 0 spiro atoms. The van der Waals surface area contributed by atoms with E-state index in [0.29, 0.717) is 5.56 Å². The normalized spacial score (nSPS) is 11.2. The Bertz CT molecular complexity index is 582. The molecular weight excluding hydrogens is 249 g/mol. The van der Waals surface area contributed by atoms with Gasteiger partial charge in [0.25, 0.3) is 5.89 Å². The predicted octanol–water partition coefficient (Wildman–Crippen LogP) is 2.11. The number of halogens is 3. The lowest BCUT2D eigenvalue weighted by Crippen LogP contribution is -2.12. The molecule has 0 radical (unpaired) electrons. The van der Waals surface area contributed by atoms with Gasteiger partial charge in [-0.1, -0.05) is 5.16 Å². The lowest BCUT2D eigenvalue weighted by Gasteiger charge is -1.99. The fraction of sp³-hybridized carbons (Fsp3) is 0.200. The second-order valence-electron chi connectivity index (χ2n) is 3.35. The van der Waals surface area contributed by atoms with Gasteiger partial charge in [-0.3, -0.25) is 0 Å². The standard InChI is InChI=1S/C10H5F3N4O/c11-10(12,13)3-8-16-9(18-17-8)7-2-1-6(4-14)5-15-7/h1-2,5H,3H2. The van der Waals surface area contributed by atoms with Gasteiger partial charge in [-0.05, 0) is 12.1 Å². The van der Waals surface area contributed by atoms with Crippen LogP contribution < -0.4 is 0 Å². The number of hydrogen-bond donors (Lipinski definition) is 0. The molecule has 0 aliphatic rings. The van der Waals surface area contributed by atoms with Gasteiger partial charge in [-0.2, -0.15) is 23.4 Å². The molecule has 0 amide bonds. The van der Waals surface area contributed by atoms with Crippen molar-refractivity contribution in [2.45, 2.75) is 12.6 Å². The number of hydrogen-bond acceptors (Lipinski definition) is 5. The molecular formula is C10H5F3N4O. The van der Waals surface area contributed by atoms with Gasteiger partial charge in [-0.25, -0.2) is 4.98 Å². The molecule has 0 aliphatic heterocycles. The minimum Gasteiger partial charge on any atom is -0.332 e. The molecule has 0 aromatic carbocycles. The fourth-order valence-electron chi connectivity index (χ4n) is 1.20. The van der Waals surface area contributed by atoms with Crippen molar-refractivity contribution in [1.82, 2.24) is 15.1 Å². The largest absolute Gasteiger partial charge is 0.396 e. The first-order valence-corrected chi connectivity index (χ1v) is 4.74. The first-order valence-electron chi connectivity index (χ1n) is 4.74. The van der Waals surface area contributed by atoms with E-state index in [1.54, 1.807) is 0 Å². The summed E-state index contributed by atoms with van der Waals surface area (Å²) in [6, 6.07) is 4.74. The third-order valence-electron chi connectivity index (χ3n) is 1.94. The van der Waals surface area contributed by atoms with Gasteiger partial charge in [0.2, 0.25) is 0 Å². The third-order valence-corrected chi connectivity index (χ3v) is 1.94. The van der Waals surface area contributed by atoms with Gasteiger partial charge >= 0.3 is 6.18 Å². The Morgan fingerprint density at radius 1 is 1.33 bits per heavy atom. The van der Waals surface area contributed by atoms with Crippen LogP contribution >= 0.6 is 0 Å². The zero-order valence-electron chi connectivity index (χ0n) is 8.77. The van der Waals surface area contributed by atoms with Crippen LogP contribution in [-0.4, -0.2) is 21.3 Å². The molecule has 2 aromatic heterocycles. The Kier molecular flexibility index (Phi) is 2.97. The number of nitriles is 1. The molecule has 2 aromatic rings. The van der Waals surface area contributed by atoms with Crippen LogP contribution in [0.1, 0.15) is 11.4 Å². The van der Waals surface area contributed by atoms with Crippen LogP contribution in [0.25, 0.3) is 11.6 Å². The Hall–Kier alpha value is -2.43. The second kappa shape index (κ2) is 4.44. The maximum absolute atomic E-state index is 12.1. The molecule has 0 aliphatic carbocycles. The molecule has 8 heteroatoms. The van der Waals surface area contributed by atoms with Crippen LogP contribution in [0.2, 0.25) is 0 Å². The summed E-state index contributed by atoms with van der Waals surface area (Å²) < 4.78 is 40.9. The van der Waals surface area contributed by atoms with E-state index < -0.39 is 18.4 Å². The van der Waals surface area contributed by atoms with E-state index in [9.17, 15) is 13.2 Å². The van der Waals surface area contributed by atoms with Crippen molar-refractivity contribution in [3.63, 3.8) is 0 Å². The molecule has 0 N–H and O–H groups in total. The topological polar surface area (TPSA) is 75.6 Å². The minimum atomic E-state index is -4.39. The maximum Gasteiger partial charge on any atom is 0.396 e. The highest BCUT2D eigenvalue weighted by atomic mass is 19.4. The van der Waals surface area contributed by atoms with Crippen LogP contribution in [0, 0.1) is 11.3 Å². The molecule has 0 saturated heterocycles. The number of nitrogens with zero attached hydrogens (tertiary/aromatic N) is 4. The van der Waals surface area contributed by atoms with Crippen LogP contribution in [-0.2, 0) is 6.42 Å². The summed E-state index contributed by atoms with van der Waals surface area (Å²) >= 11 is 0. The van der Waals surface area contributed by atoms with E-state index >= 15 is 0 Å². The van der Waals surface area contributed by atoms with Gasteiger partial charge in [0.1, 0.15) is 18.2 Å². The van der Waals surface area contributed by atoms with Gasteiger partial charge < -0.3 is 4.52 Å². The highest BCUT2D eigenvalue weighted by molar-refractivity contribution is 5.47. The van der Waals surface area contributed by atoms with E-state index in [0.717, 1.165) is 0 Å². The Morgan fingerprint density at radius 2 is 2.11 bits per heavy atom. The van der Waals surface area contributed by atoms with Crippen LogP contribution in [0.5, 0.6) is 0 Å². The zero-order valence-corrected chi connectivity index (χ0v) is 8.77. The van der Waals surface area contributed by atoms with Gasteiger partial charge in [0, 0.05) is 6.20 Å². The van der Waals surface area contributed by atoms with Gasteiger partial charge in [-0.15, -0.1) is 0 Å². The van der Waals surface area contributed by atoms with Crippen molar-refractivity contribution in [2.24, 2.45) is 0 Å². The molecule has 2 rings (SSSR count). The Balaban J connectivity index is 2.21. The van der Waals surface area contributed by atoms with E-state index in [-0.39, 0.29) is 11.6 Å². The molecule has 18 heavy (non-hydrogen) atoms. The van der Waals surface area contributed by atoms with Crippen molar-refractivity contribution < 1.29 is 17.7 Å². The van der Waals surface area contributed by atoms with Crippen molar-refractivity contribution in [2.75, 3.05) is 0 Å². The summed E-state index contributed by atoms with van der Waals surface area (Å²) in [5.41, 5.74) is 0.545. The number of rotatable bonds is 2. The summed E-state index contributed by atoms with van der Waals surface area (Å²) in [5.74, 6) is -0.567. The summed E-state index contributed by atoms with van der Waals surface area (Å²) in [4.78, 5) is 7.41. The van der Waals surface area contributed by atoms with Crippen LogP contribution in [0.4, 0.5) is 13.2 Å². The highest BCUT2D eigenvalue weighted by Gasteiger charge is 2.30. The molecule has 0 saturated carbocycles. The summed E-state index contributed by atoms with van der Waals surface area (Å²) in [6.07, 6.45) is -4.38. The van der Waals surface area contributed by atoms with Crippen LogP contribution in [0.15, 0.2) is 22.9 Å². The lowest BCUT2D eigenvalue weighted by molar-refractivity contribution is -0.128. The predicted molar refractivity (Wildman–Crippen MR) is 52.0 cm³/mol. The Labute approximate surface area is 98.9 Å². The van der Waals surface area contributed by atoms with Gasteiger partial charge in [0.05, 0.1) is 5.56 Å². The molecule has 2 heterocycles. The van der Waals surface area contributed by atoms with Crippen molar-refractivity contribution in [1.29, 1.82) is 5.26 Å². The van der Waals surface area contributed by atoms with Crippen LogP contribution in [0.3, 0.4) is 0 Å². The average Bonchev–Trinajstić information content (AvgIpc) is 2.75. The second-order valence-corrected chi connectivity index (χ2v) is 3.35. The lowest BCUT2D eigenvalue weighted by atomic mass is 10.2. The fourth-order valence-corrected chi connectivity index (χ4v) is 1.20. The summed E-state index contributed by atoms with van der Waals surface area (Å²) in [7, 11) is 0. The quantitative estimate of drug-likeness (QED) is 0.820. The van der Waals surface area contributed by atoms with E-state index in [1.165, 1.54) is 18.3 Å². The maximum atomic E-state index is 12.1. The first kappa shape index (κ1) is 12.0. The molecule has 0 unspecified atom stereocenters. The molecule has 0 atom stereocenters. The third kappa shape index (κ3) is 2.82. The van der Waals surface area contributed by atoms with E-state index in [2.05, 4.69) is 19.6 Å². The van der Waals surface area contributed by atoms with E-state index in [1.807, 2.05) is 6.07 Å². The average molecular weight is 254 g/mol. The summed E-state index contributed by atoms with van der Waals surface area (Å²) in [5, 5.41) is 11.8. The van der Waals surface area contributed by atoms with Gasteiger partial charge in [0.15, 0.2) is 5.82 Å². The monoisotopic (exact) mass is 254 g/mol. The molecule has 0 bridgehead atoms. The van der Waals surface area contributed by atoms with Crippen molar-refractivity contribution in [3.8, 4) is 17.7 Å². The first-order chi connectivity index (χ1) is 8.48. The number of alkyl halides is 3. The smallest absolute Gasteiger partial charge is 0.332 e. The number of aromatic nitrogens is 3. The molecule has 5 nitrogen and oxygen atoms in total. The summed E-state index contributed by atoms with van der Waals surface area (Å²) in [6.45, 7) is 0. The Morgan fingerprint density at radius 3 is 2.67 bits per heavy atom. The number of pyridine rings is 1. The molecule has 92 valence electrons.